The fourth-order valence-electron chi connectivity index (χ4n) is 0.394. The molecule has 28 valence electrons. The standard InChI is InChI=1S/B5H8N/c1-2-3-4-5-6/h2-5H,1,6H2. The zero-order valence-corrected chi connectivity index (χ0v) is 4.41. The van der Waals surface area contributed by atoms with Crippen LogP contribution in [0.2, 0.25) is 0 Å². The Morgan fingerprint density at radius 1 is 1.33 bits per heavy atom. The van der Waals surface area contributed by atoms with Gasteiger partial charge in [0.2, 0.25) is 0 Å². The summed E-state index contributed by atoms with van der Waals surface area (Å²) >= 11 is 0. The van der Waals surface area contributed by atoms with E-state index in [0.29, 0.717) is 0 Å². The van der Waals surface area contributed by atoms with Gasteiger partial charge < -0.3 is 5.64 Å². The molecule has 0 heterocycles. The van der Waals surface area contributed by atoms with Crippen LogP contribution in [0.1, 0.15) is 0 Å². The molecule has 0 bridgehead atoms. The van der Waals surface area contributed by atoms with Crippen LogP contribution in [0.3, 0.4) is 0 Å². The summed E-state index contributed by atoms with van der Waals surface area (Å²) in [5.41, 5.74) is 5.21. The Balaban J connectivity index is 2.34. The molecule has 0 unspecified atom stereocenters. The minimum Gasteiger partial charge on any atom is -0.380 e. The van der Waals surface area contributed by atoms with Gasteiger partial charge in [-0.1, -0.05) is 0 Å². The second-order valence-electron chi connectivity index (χ2n) is 1.50. The third-order valence-corrected chi connectivity index (χ3v) is 0.808. The normalized spacial score (nSPS) is 6.17. The van der Waals surface area contributed by atoms with Crippen LogP contribution < -0.4 is 5.64 Å². The highest BCUT2D eigenvalue weighted by Crippen LogP contribution is 1.40. The third-order valence-electron chi connectivity index (χ3n) is 0.808. The summed E-state index contributed by atoms with van der Waals surface area (Å²) in [7, 11) is 6.79. The third kappa shape index (κ3) is 4.28. The van der Waals surface area contributed by atoms with Crippen molar-refractivity contribution in [2.24, 2.45) is 5.64 Å². The Kier molecular flexibility index (Phi) is 5.54. The van der Waals surface area contributed by atoms with Crippen LogP contribution in [0, 0.1) is 0 Å². The monoisotopic (exact) mass is 77.1 g/mol. The molecule has 2 N–H and O–H groups in total. The molecule has 0 amide bonds. The first-order chi connectivity index (χ1) is 2.91. The van der Waals surface area contributed by atoms with Crippen molar-refractivity contribution in [1.82, 2.24) is 0 Å². The first-order valence-electron chi connectivity index (χ1n) is 2.62. The maximum atomic E-state index is 5.21. The molecule has 0 saturated carbocycles. The smallest absolute Gasteiger partial charge is 0.149 e. The van der Waals surface area contributed by atoms with Gasteiger partial charge in [0, 0.05) is 14.1 Å². The second kappa shape index (κ2) is 5.28. The molecule has 0 aliphatic heterocycles. The molecule has 0 spiro atoms. The van der Waals surface area contributed by atoms with Crippen LogP contribution in [0.15, 0.2) is 0 Å². The molecule has 6 heteroatoms. The molecule has 0 aromatic rings. The molecule has 0 aromatic heterocycles. The Morgan fingerprint density at radius 3 is 2.17 bits per heavy atom. The Bertz CT molecular complexity index is 15.9. The lowest BCUT2D eigenvalue weighted by Crippen LogP contribution is -2.24. The molecule has 0 aromatic carbocycles. The second-order valence-corrected chi connectivity index (χ2v) is 1.50. The molecule has 0 rings (SSSR count). The summed E-state index contributed by atoms with van der Waals surface area (Å²) in [6.07, 6.45) is 0. The Labute approximate surface area is 42.8 Å². The maximum Gasteiger partial charge on any atom is 0.149 e. The summed E-state index contributed by atoms with van der Waals surface area (Å²) in [6, 6.07) is 0. The van der Waals surface area contributed by atoms with Crippen molar-refractivity contribution in [2.45, 2.75) is 0 Å². The van der Waals surface area contributed by atoms with E-state index in [-0.39, 0.29) is 0 Å². The summed E-state index contributed by atoms with van der Waals surface area (Å²) in [5, 5.41) is 0. The van der Waals surface area contributed by atoms with E-state index >= 15 is 0 Å². The highest BCUT2D eigenvalue weighted by molar-refractivity contribution is 7.51. The van der Waals surface area contributed by atoms with E-state index in [1.807, 2.05) is 0 Å². The highest BCUT2D eigenvalue weighted by atomic mass is 14.3. The van der Waals surface area contributed by atoms with Crippen molar-refractivity contribution >= 4 is 36.2 Å². The predicted octanol–water partition coefficient (Wildman–Crippen LogP) is -4.10. The van der Waals surface area contributed by atoms with Gasteiger partial charge in [-0.3, -0.25) is 0 Å². The van der Waals surface area contributed by atoms with Gasteiger partial charge in [0.05, 0.1) is 14.8 Å². The van der Waals surface area contributed by atoms with Crippen LogP contribution in [0.25, 0.3) is 0 Å². The highest BCUT2D eigenvalue weighted by Gasteiger charge is 1.85. The first kappa shape index (κ1) is 6.28. The first-order valence-corrected chi connectivity index (χ1v) is 2.62. The van der Waals surface area contributed by atoms with Crippen LogP contribution in [-0.2, 0) is 0 Å². The van der Waals surface area contributed by atoms with E-state index in [9.17, 15) is 0 Å². The van der Waals surface area contributed by atoms with E-state index in [1.54, 1.807) is 0 Å². The molecule has 0 aliphatic carbocycles. The van der Waals surface area contributed by atoms with E-state index in [2.05, 4.69) is 7.74 Å². The number of hydrogen-bond acceptors (Lipinski definition) is 1. The minimum absolute atomic E-state index is 0.855. The van der Waals surface area contributed by atoms with Gasteiger partial charge >= 0.3 is 0 Å². The summed E-state index contributed by atoms with van der Waals surface area (Å²) in [4.78, 5) is 0. The lowest BCUT2D eigenvalue weighted by atomic mass is 9.06. The van der Waals surface area contributed by atoms with Crippen molar-refractivity contribution < 1.29 is 0 Å². The summed E-state index contributed by atoms with van der Waals surface area (Å²) < 4.78 is 0. The SMILES string of the molecule is BBBBBN. The van der Waals surface area contributed by atoms with Crippen molar-refractivity contribution in [1.29, 1.82) is 0 Å². The zero-order valence-electron chi connectivity index (χ0n) is 4.41. The quantitative estimate of drug-likeness (QED) is 0.268. The molecule has 0 radical (unpaired) electrons. The predicted molar refractivity (Wildman–Crippen MR) is 41.3 cm³/mol. The maximum absolute atomic E-state index is 5.21. The van der Waals surface area contributed by atoms with Crippen molar-refractivity contribution in [3.8, 4) is 0 Å². The largest absolute Gasteiger partial charge is 0.380 e. The van der Waals surface area contributed by atoms with Gasteiger partial charge in [-0.15, -0.1) is 0 Å². The van der Waals surface area contributed by atoms with Crippen LogP contribution in [-0.4, -0.2) is 36.2 Å². The molecule has 1 nitrogen and oxygen atoms in total. The fourth-order valence-corrected chi connectivity index (χ4v) is 0.394. The number of rotatable bonds is 3. The Hall–Kier alpha value is 0.285. The molecular weight excluding hydrogens is 68.1 g/mol. The fraction of sp³-hybridized carbons (Fsp3) is 0. The van der Waals surface area contributed by atoms with Gasteiger partial charge in [-0.05, 0) is 0 Å². The molecule has 0 atom stereocenters. The minimum atomic E-state index is 0.855. The number of nitrogens with two attached hydrogens (primary N) is 1. The van der Waals surface area contributed by atoms with Crippen LogP contribution in [0.5, 0.6) is 0 Å². The van der Waals surface area contributed by atoms with E-state index in [4.69, 9.17) is 5.64 Å². The van der Waals surface area contributed by atoms with E-state index < -0.39 is 0 Å². The molecular formula is H8B5N. The van der Waals surface area contributed by atoms with Gasteiger partial charge in [0.1, 0.15) is 7.31 Å². The lowest BCUT2D eigenvalue weighted by molar-refractivity contribution is 1.98. The van der Waals surface area contributed by atoms with E-state index in [0.717, 1.165) is 7.31 Å². The van der Waals surface area contributed by atoms with Gasteiger partial charge in [0.25, 0.3) is 0 Å². The van der Waals surface area contributed by atoms with Gasteiger partial charge in [0.15, 0.2) is 0 Å². The van der Waals surface area contributed by atoms with Crippen LogP contribution >= 0.6 is 0 Å². The number of hydrogen-bond donors (Lipinski definition) is 1. The van der Waals surface area contributed by atoms with Gasteiger partial charge in [-0.2, -0.15) is 0 Å². The molecule has 6 heavy (non-hydrogen) atoms. The topological polar surface area (TPSA) is 26.0 Å². The Morgan fingerprint density at radius 2 is 2.00 bits per heavy atom. The van der Waals surface area contributed by atoms with Crippen molar-refractivity contribution in [3.05, 3.63) is 0 Å². The lowest BCUT2D eigenvalue weighted by Gasteiger charge is -1.76. The zero-order chi connectivity index (χ0) is 4.83. The molecule has 0 fully saturated rings. The summed E-state index contributed by atoms with van der Waals surface area (Å²) in [5.74, 6) is 0. The summed E-state index contributed by atoms with van der Waals surface area (Å²) in [6.45, 7) is 0. The van der Waals surface area contributed by atoms with Crippen molar-refractivity contribution in [3.63, 3.8) is 0 Å². The van der Waals surface area contributed by atoms with E-state index in [1.165, 1.54) is 21.2 Å². The average Bonchev–Trinajstić information content (AvgIpc) is 1.61. The van der Waals surface area contributed by atoms with Crippen molar-refractivity contribution in [2.75, 3.05) is 0 Å². The molecule has 0 aliphatic rings. The van der Waals surface area contributed by atoms with Gasteiger partial charge in [-0.25, -0.2) is 0 Å². The average molecular weight is 76.1 g/mol. The molecule has 0 saturated heterocycles. The van der Waals surface area contributed by atoms with Crippen LogP contribution in [0.4, 0.5) is 0 Å².